The fourth-order valence-corrected chi connectivity index (χ4v) is 9.15. The number of sulfone groups is 1. The Morgan fingerprint density at radius 2 is 1.76 bits per heavy atom. The largest absolute Gasteiger partial charge is 0.454 e. The van der Waals surface area contributed by atoms with Gasteiger partial charge in [-0.2, -0.15) is 0 Å². The minimum atomic E-state index is -3.55. The second-order valence-electron chi connectivity index (χ2n) is 13.8. The van der Waals surface area contributed by atoms with Crippen LogP contribution in [0.2, 0.25) is 0 Å². The van der Waals surface area contributed by atoms with Gasteiger partial charge in [-0.15, -0.1) is 0 Å². The topological polar surface area (TPSA) is 140 Å². The van der Waals surface area contributed by atoms with Crippen molar-refractivity contribution in [1.82, 2.24) is 14.7 Å². The van der Waals surface area contributed by atoms with Gasteiger partial charge in [-0.25, -0.2) is 18.0 Å². The van der Waals surface area contributed by atoms with Gasteiger partial charge in [0.25, 0.3) is 0 Å². The molecule has 0 spiro atoms. The highest BCUT2D eigenvalue weighted by atomic mass is 32.2. The number of benzene rings is 1. The summed E-state index contributed by atoms with van der Waals surface area (Å²) in [5.41, 5.74) is 0.804. The molecule has 0 radical (unpaired) electrons. The molecule has 248 valence electrons. The predicted octanol–water partition coefficient (Wildman–Crippen LogP) is 3.60. The zero-order chi connectivity index (χ0) is 32.2. The van der Waals surface area contributed by atoms with Gasteiger partial charge in [0, 0.05) is 44.9 Å². The average molecular weight is 656 g/mol. The van der Waals surface area contributed by atoms with Crippen molar-refractivity contribution in [2.45, 2.75) is 88.3 Å². The van der Waals surface area contributed by atoms with Gasteiger partial charge in [0.15, 0.2) is 32.9 Å². The number of fused-ring (bicyclic) bond motifs is 4. The summed E-state index contributed by atoms with van der Waals surface area (Å²) in [6.45, 7) is 1.44. The van der Waals surface area contributed by atoms with Gasteiger partial charge in [-0.3, -0.25) is 14.5 Å². The van der Waals surface area contributed by atoms with E-state index in [1.165, 1.54) is 4.90 Å². The Balaban J connectivity index is 1.08. The van der Waals surface area contributed by atoms with E-state index in [1.807, 2.05) is 24.3 Å². The summed E-state index contributed by atoms with van der Waals surface area (Å²) < 4.78 is 42.4. The molecule has 3 amide bonds. The van der Waals surface area contributed by atoms with Crippen LogP contribution < -0.4 is 9.47 Å². The number of hydrogen-bond acceptors (Lipinski definition) is 9. The molecule has 1 aromatic carbocycles. The SMILES string of the molecule is CN1CCCCC/C=C\[C@@H]2C[C@@]2(C(=O)CS(=O)(=O)C2CC2)CC(=O)[C@@H]2C[C@@H](OC(=O)N3Cc4cc5c(cc4C3)OCO5)CN2C1=O. The Morgan fingerprint density at radius 1 is 1.04 bits per heavy atom. The smallest absolute Gasteiger partial charge is 0.410 e. The van der Waals surface area contributed by atoms with Gasteiger partial charge >= 0.3 is 12.1 Å². The van der Waals surface area contributed by atoms with Crippen LogP contribution in [0.4, 0.5) is 9.59 Å². The summed E-state index contributed by atoms with van der Waals surface area (Å²) in [6.07, 6.45) is 7.77. The first kappa shape index (κ1) is 31.0. The van der Waals surface area contributed by atoms with Crippen molar-refractivity contribution < 1.29 is 41.8 Å². The molecule has 4 atom stereocenters. The van der Waals surface area contributed by atoms with E-state index < -0.39 is 50.3 Å². The monoisotopic (exact) mass is 655 g/mol. The third-order valence-corrected chi connectivity index (χ3v) is 12.6. The summed E-state index contributed by atoms with van der Waals surface area (Å²) in [4.78, 5) is 59.4. The first-order valence-corrected chi connectivity index (χ1v) is 18.1. The molecule has 3 fully saturated rings. The lowest BCUT2D eigenvalue weighted by atomic mass is 9.89. The molecule has 1 aromatic rings. The molecule has 13 heteroatoms. The summed E-state index contributed by atoms with van der Waals surface area (Å²) in [5.74, 6) is -0.176. The van der Waals surface area contributed by atoms with Crippen LogP contribution in [0.25, 0.3) is 0 Å². The van der Waals surface area contributed by atoms with E-state index in [2.05, 4.69) is 0 Å². The number of carbonyl (C=O) groups is 4. The molecule has 0 aromatic heterocycles. The van der Waals surface area contributed by atoms with Crippen molar-refractivity contribution in [3.8, 4) is 11.5 Å². The maximum absolute atomic E-state index is 14.1. The fourth-order valence-electron chi connectivity index (χ4n) is 7.41. The van der Waals surface area contributed by atoms with Crippen LogP contribution in [-0.4, -0.2) is 96.9 Å². The van der Waals surface area contributed by atoms with Crippen LogP contribution in [0.1, 0.15) is 68.9 Å². The van der Waals surface area contributed by atoms with Gasteiger partial charge in [0.1, 0.15) is 11.9 Å². The van der Waals surface area contributed by atoms with E-state index >= 15 is 0 Å². The zero-order valence-electron chi connectivity index (χ0n) is 26.1. The number of Topliss-reactive ketones (excluding diaryl/α,β-unsaturated/α-hetero) is 2. The predicted molar refractivity (Wildman–Crippen MR) is 165 cm³/mol. The molecule has 1 saturated heterocycles. The van der Waals surface area contributed by atoms with Crippen LogP contribution in [0.3, 0.4) is 0 Å². The van der Waals surface area contributed by atoms with Crippen molar-refractivity contribution in [3.63, 3.8) is 0 Å². The Kier molecular flexibility index (Phi) is 8.01. The first-order valence-electron chi connectivity index (χ1n) is 16.4. The van der Waals surface area contributed by atoms with E-state index in [4.69, 9.17) is 14.2 Å². The number of allylic oxidation sites excluding steroid dienone is 2. The van der Waals surface area contributed by atoms with Crippen LogP contribution in [0.5, 0.6) is 11.5 Å². The third-order valence-electron chi connectivity index (χ3n) is 10.4. The average Bonchev–Trinajstić information content (AvgIpc) is 3.83. The van der Waals surface area contributed by atoms with Crippen molar-refractivity contribution >= 4 is 33.5 Å². The van der Waals surface area contributed by atoms with Gasteiger partial charge in [0.2, 0.25) is 6.79 Å². The minimum Gasteiger partial charge on any atom is -0.454 e. The highest BCUT2D eigenvalue weighted by Gasteiger charge is 2.61. The molecule has 12 nitrogen and oxygen atoms in total. The second-order valence-corrected chi connectivity index (χ2v) is 16.0. The highest BCUT2D eigenvalue weighted by molar-refractivity contribution is 7.93. The normalized spacial score (nSPS) is 30.2. The zero-order valence-corrected chi connectivity index (χ0v) is 27.0. The van der Waals surface area contributed by atoms with Crippen LogP contribution >= 0.6 is 0 Å². The van der Waals surface area contributed by atoms with Crippen molar-refractivity contribution in [2.24, 2.45) is 11.3 Å². The molecular formula is C33H41N3O9S. The lowest BCUT2D eigenvalue weighted by Crippen LogP contribution is -2.48. The Morgan fingerprint density at radius 3 is 2.46 bits per heavy atom. The number of carbonyl (C=O) groups excluding carboxylic acids is 4. The van der Waals surface area contributed by atoms with Crippen molar-refractivity contribution in [1.29, 1.82) is 0 Å². The van der Waals surface area contributed by atoms with Crippen LogP contribution in [0, 0.1) is 11.3 Å². The molecule has 2 saturated carbocycles. The number of amides is 3. The molecule has 46 heavy (non-hydrogen) atoms. The molecule has 7 rings (SSSR count). The Labute approximate surface area is 268 Å². The summed E-state index contributed by atoms with van der Waals surface area (Å²) in [6, 6.07) is 2.54. The van der Waals surface area contributed by atoms with Crippen LogP contribution in [0.15, 0.2) is 24.3 Å². The summed E-state index contributed by atoms with van der Waals surface area (Å²) in [7, 11) is -1.84. The van der Waals surface area contributed by atoms with E-state index in [0.717, 1.165) is 36.8 Å². The number of rotatable bonds is 5. The van der Waals surface area contributed by atoms with Crippen molar-refractivity contribution in [2.75, 3.05) is 32.7 Å². The number of ether oxygens (including phenoxy) is 3. The Bertz CT molecular complexity index is 1560. The molecule has 0 N–H and O–H groups in total. The number of ketones is 2. The molecule has 0 bridgehead atoms. The summed E-state index contributed by atoms with van der Waals surface area (Å²) in [5, 5.41) is -0.460. The van der Waals surface area contributed by atoms with E-state index in [0.29, 0.717) is 50.4 Å². The van der Waals surface area contributed by atoms with Gasteiger partial charge in [-0.05, 0) is 67.7 Å². The number of nitrogens with zero attached hydrogens (tertiary/aromatic N) is 3. The van der Waals surface area contributed by atoms with E-state index in [9.17, 15) is 27.6 Å². The third kappa shape index (κ3) is 5.98. The summed E-state index contributed by atoms with van der Waals surface area (Å²) >= 11 is 0. The van der Waals surface area contributed by atoms with Gasteiger partial charge < -0.3 is 24.0 Å². The van der Waals surface area contributed by atoms with Crippen LogP contribution in [-0.2, 0) is 37.3 Å². The molecule has 0 unspecified atom stereocenters. The van der Waals surface area contributed by atoms with Gasteiger partial charge in [-0.1, -0.05) is 18.6 Å². The van der Waals surface area contributed by atoms with Gasteiger partial charge in [0.05, 0.1) is 17.8 Å². The minimum absolute atomic E-state index is 0.0580. The molecule has 4 aliphatic heterocycles. The lowest BCUT2D eigenvalue weighted by Gasteiger charge is -2.29. The molecular weight excluding hydrogens is 614 g/mol. The molecule has 4 heterocycles. The quantitative estimate of drug-likeness (QED) is 0.436. The first-order chi connectivity index (χ1) is 22.0. The van der Waals surface area contributed by atoms with E-state index in [1.54, 1.807) is 16.8 Å². The maximum Gasteiger partial charge on any atom is 0.410 e. The molecule has 2 aliphatic carbocycles. The maximum atomic E-state index is 14.1. The lowest BCUT2D eigenvalue weighted by molar-refractivity contribution is -0.130. The van der Waals surface area contributed by atoms with E-state index in [-0.39, 0.29) is 43.9 Å². The Hall–Kier alpha value is -3.61. The molecule has 6 aliphatic rings. The number of hydrogen-bond donors (Lipinski definition) is 0. The highest BCUT2D eigenvalue weighted by Crippen LogP contribution is 2.58. The van der Waals surface area contributed by atoms with Crippen molar-refractivity contribution in [3.05, 3.63) is 35.4 Å². The fraction of sp³-hybridized carbons (Fsp3) is 0.636. The standard InChI is InChI=1S/C33H41N3O9S/c1-34-10-6-4-2-3-5-7-23-14-33(23,30(38)19-46(41,42)25-8-9-25)15-27(37)26-13-24(18-36(26)31(34)39)45-32(40)35-16-21-11-28-29(44-20-43-28)12-22(21)17-35/h5,7,11-12,23-26H,2-4,6,8-10,13-20H2,1H3/b7-5-/t23-,24-,26+,33-/m1/s1. The second kappa shape index (κ2) is 11.9. The number of urea groups is 1.